The number of ether oxygens (including phenoxy) is 2. The Labute approximate surface area is 117 Å². The summed E-state index contributed by atoms with van der Waals surface area (Å²) in [5.41, 5.74) is 2.70. The van der Waals surface area contributed by atoms with Crippen molar-refractivity contribution in [3.63, 3.8) is 0 Å². The fourth-order valence-corrected chi connectivity index (χ4v) is 2.36. The van der Waals surface area contributed by atoms with Gasteiger partial charge in [-0.25, -0.2) is 0 Å². The minimum absolute atomic E-state index is 0.0811. The Morgan fingerprint density at radius 2 is 1.95 bits per heavy atom. The molecular weight excluding hydrogens is 254 g/mol. The van der Waals surface area contributed by atoms with Crippen LogP contribution < -0.4 is 4.74 Å². The normalized spacial score (nSPS) is 13.0. The molecule has 0 N–H and O–H groups in total. The van der Waals surface area contributed by atoms with E-state index in [4.69, 9.17) is 13.9 Å². The summed E-state index contributed by atoms with van der Waals surface area (Å²) in [6.07, 6.45) is -0.0811. The van der Waals surface area contributed by atoms with Gasteiger partial charge in [0.2, 0.25) is 0 Å². The van der Waals surface area contributed by atoms with Gasteiger partial charge in [-0.05, 0) is 38.1 Å². The standard InChI is InChI=1S/C16H17NO3/c1-9-12-8-15(10(2)18-3)20-16(12)13-7-11(19-4)5-6-14(13)17-9/h5-8,10H,1-4H3. The molecule has 2 heterocycles. The maximum absolute atomic E-state index is 5.99. The molecule has 1 unspecified atom stereocenters. The van der Waals surface area contributed by atoms with Gasteiger partial charge in [-0.1, -0.05) is 0 Å². The lowest BCUT2D eigenvalue weighted by molar-refractivity contribution is 0.101. The Bertz CT molecular complexity index is 776. The number of benzene rings is 1. The van der Waals surface area contributed by atoms with Gasteiger partial charge < -0.3 is 13.9 Å². The lowest BCUT2D eigenvalue weighted by Crippen LogP contribution is -1.92. The molecule has 1 aromatic carbocycles. The zero-order chi connectivity index (χ0) is 14.3. The van der Waals surface area contributed by atoms with Crippen molar-refractivity contribution in [1.29, 1.82) is 0 Å². The van der Waals surface area contributed by atoms with E-state index in [-0.39, 0.29) is 6.10 Å². The molecule has 0 bridgehead atoms. The van der Waals surface area contributed by atoms with Crippen molar-refractivity contribution in [2.24, 2.45) is 0 Å². The number of rotatable bonds is 3. The summed E-state index contributed by atoms with van der Waals surface area (Å²) in [5.74, 6) is 1.60. The van der Waals surface area contributed by atoms with E-state index in [0.717, 1.165) is 39.1 Å². The third-order valence-corrected chi connectivity index (χ3v) is 3.63. The van der Waals surface area contributed by atoms with Crippen LogP contribution >= 0.6 is 0 Å². The number of aryl methyl sites for hydroxylation is 1. The lowest BCUT2D eigenvalue weighted by atomic mass is 10.1. The predicted molar refractivity (Wildman–Crippen MR) is 78.2 cm³/mol. The predicted octanol–water partition coefficient (Wildman–Crippen LogP) is 4.01. The first kappa shape index (κ1) is 12.9. The van der Waals surface area contributed by atoms with Gasteiger partial charge in [0.1, 0.15) is 23.2 Å². The van der Waals surface area contributed by atoms with Crippen LogP contribution in [0.4, 0.5) is 0 Å². The number of hydrogen-bond donors (Lipinski definition) is 0. The zero-order valence-electron chi connectivity index (χ0n) is 12.1. The molecular formula is C16H17NO3. The number of furan rings is 1. The average molecular weight is 271 g/mol. The number of fused-ring (bicyclic) bond motifs is 3. The van der Waals surface area contributed by atoms with E-state index in [1.165, 1.54) is 0 Å². The second-order valence-corrected chi connectivity index (χ2v) is 4.85. The van der Waals surface area contributed by atoms with Crippen LogP contribution in [0.15, 0.2) is 28.7 Å². The van der Waals surface area contributed by atoms with Gasteiger partial charge in [-0.15, -0.1) is 0 Å². The van der Waals surface area contributed by atoms with Crippen LogP contribution in [-0.2, 0) is 4.74 Å². The Morgan fingerprint density at radius 3 is 2.65 bits per heavy atom. The summed E-state index contributed by atoms with van der Waals surface area (Å²) in [6, 6.07) is 7.81. The van der Waals surface area contributed by atoms with Crippen LogP contribution in [0.2, 0.25) is 0 Å². The lowest BCUT2D eigenvalue weighted by Gasteiger charge is -2.05. The summed E-state index contributed by atoms with van der Waals surface area (Å²) < 4.78 is 16.6. The molecule has 0 saturated heterocycles. The average Bonchev–Trinajstić information content (AvgIpc) is 2.92. The van der Waals surface area contributed by atoms with E-state index in [1.54, 1.807) is 14.2 Å². The Morgan fingerprint density at radius 1 is 1.15 bits per heavy atom. The van der Waals surface area contributed by atoms with Crippen molar-refractivity contribution in [3.05, 3.63) is 35.7 Å². The van der Waals surface area contributed by atoms with E-state index < -0.39 is 0 Å². The summed E-state index contributed by atoms with van der Waals surface area (Å²) in [4.78, 5) is 4.62. The molecule has 2 aromatic heterocycles. The van der Waals surface area contributed by atoms with Gasteiger partial charge in [-0.2, -0.15) is 0 Å². The van der Waals surface area contributed by atoms with Gasteiger partial charge in [-0.3, -0.25) is 4.98 Å². The fourth-order valence-electron chi connectivity index (χ4n) is 2.36. The molecule has 0 aliphatic heterocycles. The highest BCUT2D eigenvalue weighted by Crippen LogP contribution is 2.33. The molecule has 104 valence electrons. The van der Waals surface area contributed by atoms with Crippen molar-refractivity contribution in [2.45, 2.75) is 20.0 Å². The van der Waals surface area contributed by atoms with Crippen molar-refractivity contribution in [2.75, 3.05) is 14.2 Å². The molecule has 0 saturated carbocycles. The zero-order valence-corrected chi connectivity index (χ0v) is 12.1. The highest BCUT2D eigenvalue weighted by molar-refractivity contribution is 6.04. The smallest absolute Gasteiger partial charge is 0.145 e. The molecule has 0 spiro atoms. The van der Waals surface area contributed by atoms with Crippen LogP contribution in [0.5, 0.6) is 5.75 Å². The van der Waals surface area contributed by atoms with Crippen LogP contribution in [0.25, 0.3) is 21.9 Å². The number of aromatic nitrogens is 1. The third-order valence-electron chi connectivity index (χ3n) is 3.63. The van der Waals surface area contributed by atoms with Gasteiger partial charge in [0.25, 0.3) is 0 Å². The highest BCUT2D eigenvalue weighted by atomic mass is 16.5. The van der Waals surface area contributed by atoms with Gasteiger partial charge >= 0.3 is 0 Å². The highest BCUT2D eigenvalue weighted by Gasteiger charge is 2.15. The fraction of sp³-hybridized carbons (Fsp3) is 0.312. The van der Waals surface area contributed by atoms with Crippen molar-refractivity contribution < 1.29 is 13.9 Å². The minimum atomic E-state index is -0.0811. The van der Waals surface area contributed by atoms with E-state index in [2.05, 4.69) is 4.98 Å². The number of pyridine rings is 1. The van der Waals surface area contributed by atoms with Crippen LogP contribution in [0, 0.1) is 6.92 Å². The quantitative estimate of drug-likeness (QED) is 0.722. The molecule has 20 heavy (non-hydrogen) atoms. The van der Waals surface area contributed by atoms with E-state index >= 15 is 0 Å². The van der Waals surface area contributed by atoms with Gasteiger partial charge in [0, 0.05) is 23.6 Å². The molecule has 3 aromatic rings. The minimum Gasteiger partial charge on any atom is -0.497 e. The van der Waals surface area contributed by atoms with Crippen molar-refractivity contribution in [3.8, 4) is 5.75 Å². The first-order chi connectivity index (χ1) is 9.63. The SMILES string of the molecule is COc1ccc2nc(C)c3cc(C(C)OC)oc3c2c1. The van der Waals surface area contributed by atoms with E-state index in [0.29, 0.717) is 0 Å². The Balaban J connectivity index is 2.35. The van der Waals surface area contributed by atoms with Crippen LogP contribution in [-0.4, -0.2) is 19.2 Å². The van der Waals surface area contributed by atoms with Crippen molar-refractivity contribution in [1.82, 2.24) is 4.98 Å². The first-order valence-electron chi connectivity index (χ1n) is 6.54. The summed E-state index contributed by atoms with van der Waals surface area (Å²) in [6.45, 7) is 3.95. The molecule has 0 fully saturated rings. The molecule has 0 radical (unpaired) electrons. The Kier molecular flexibility index (Phi) is 3.10. The monoisotopic (exact) mass is 271 g/mol. The first-order valence-corrected chi connectivity index (χ1v) is 6.54. The van der Waals surface area contributed by atoms with Gasteiger partial charge in [0.05, 0.1) is 12.6 Å². The molecule has 0 amide bonds. The summed E-state index contributed by atoms with van der Waals surface area (Å²) in [7, 11) is 3.32. The van der Waals surface area contributed by atoms with Crippen LogP contribution in [0.1, 0.15) is 24.5 Å². The third kappa shape index (κ3) is 1.93. The molecule has 0 aliphatic carbocycles. The number of methoxy groups -OCH3 is 2. The van der Waals surface area contributed by atoms with Gasteiger partial charge in [0.15, 0.2) is 0 Å². The maximum Gasteiger partial charge on any atom is 0.145 e. The topological polar surface area (TPSA) is 44.5 Å². The largest absolute Gasteiger partial charge is 0.497 e. The van der Waals surface area contributed by atoms with Crippen molar-refractivity contribution >= 4 is 21.9 Å². The number of nitrogens with zero attached hydrogens (tertiary/aromatic N) is 1. The summed E-state index contributed by atoms with van der Waals surface area (Å²) in [5, 5.41) is 1.98. The van der Waals surface area contributed by atoms with E-state index in [1.807, 2.05) is 38.1 Å². The summed E-state index contributed by atoms with van der Waals surface area (Å²) >= 11 is 0. The number of hydrogen-bond acceptors (Lipinski definition) is 4. The van der Waals surface area contributed by atoms with E-state index in [9.17, 15) is 0 Å². The molecule has 1 atom stereocenters. The second-order valence-electron chi connectivity index (χ2n) is 4.85. The second kappa shape index (κ2) is 4.80. The maximum atomic E-state index is 5.99. The molecule has 0 aliphatic rings. The molecule has 4 nitrogen and oxygen atoms in total. The van der Waals surface area contributed by atoms with Crippen LogP contribution in [0.3, 0.4) is 0 Å². The molecule has 4 heteroatoms. The Hall–Kier alpha value is -2.07. The molecule has 3 rings (SSSR count).